The lowest BCUT2D eigenvalue weighted by Gasteiger charge is -2.50. The van der Waals surface area contributed by atoms with E-state index < -0.39 is 98.2 Å². The maximum absolute atomic E-state index is 15.0. The number of allylic oxidation sites excluding steroid dienone is 2. The van der Waals surface area contributed by atoms with Gasteiger partial charge in [0, 0.05) is 5.92 Å². The Morgan fingerprint density at radius 2 is 1.58 bits per heavy atom. The third-order valence-corrected chi connectivity index (χ3v) is 10.1. The normalized spacial score (nSPS) is 31.4. The molecule has 2 N–H and O–H groups in total. The summed E-state index contributed by atoms with van der Waals surface area (Å²) in [4.78, 5) is 48.0. The second-order valence-corrected chi connectivity index (χ2v) is 11.9. The van der Waals surface area contributed by atoms with Crippen LogP contribution in [0.25, 0.3) is 0 Å². The van der Waals surface area contributed by atoms with Crippen molar-refractivity contribution in [1.29, 1.82) is 0 Å². The summed E-state index contributed by atoms with van der Waals surface area (Å²) in [5.74, 6) is -21.5. The quantitative estimate of drug-likeness (QED) is 0.128. The SMILES string of the molecule is CCOc1cc(C2C3=CCC4C(=O)NC(=O)C4C3CC3(Cl)C(=O)N(c4c(F)c(F)c(F)c(F)c4F)C(=O)C23Cl)ccc1O. The van der Waals surface area contributed by atoms with E-state index in [0.29, 0.717) is 0 Å². The number of phenols is 1. The molecule has 2 aromatic carbocycles. The summed E-state index contributed by atoms with van der Waals surface area (Å²) in [6.07, 6.45) is 0.975. The summed E-state index contributed by atoms with van der Waals surface area (Å²) in [5.41, 5.74) is -1.46. The molecular formula is C28H19Cl2F5N2O6. The average molecular weight is 645 g/mol. The summed E-state index contributed by atoms with van der Waals surface area (Å²) in [5, 5.41) is 12.5. The van der Waals surface area contributed by atoms with Gasteiger partial charge in [0.1, 0.15) is 5.69 Å². The van der Waals surface area contributed by atoms with Crippen LogP contribution < -0.4 is 15.0 Å². The largest absolute Gasteiger partial charge is 0.504 e. The van der Waals surface area contributed by atoms with E-state index in [9.17, 15) is 46.2 Å². The zero-order valence-corrected chi connectivity index (χ0v) is 23.3. The van der Waals surface area contributed by atoms with Gasteiger partial charge in [-0.2, -0.15) is 0 Å². The van der Waals surface area contributed by atoms with Gasteiger partial charge >= 0.3 is 0 Å². The molecule has 8 nitrogen and oxygen atoms in total. The summed E-state index contributed by atoms with van der Waals surface area (Å²) >= 11 is 14.0. The molecule has 43 heavy (non-hydrogen) atoms. The molecule has 2 saturated heterocycles. The number of rotatable bonds is 4. The van der Waals surface area contributed by atoms with Crippen LogP contribution in [0.3, 0.4) is 0 Å². The fourth-order valence-corrected chi connectivity index (χ4v) is 7.77. The molecule has 4 aliphatic rings. The Hall–Kier alpha value is -3.71. The van der Waals surface area contributed by atoms with Crippen molar-refractivity contribution in [2.24, 2.45) is 17.8 Å². The molecule has 226 valence electrons. The number of hydrogen-bond acceptors (Lipinski definition) is 6. The van der Waals surface area contributed by atoms with Gasteiger partial charge in [0.25, 0.3) is 11.8 Å². The van der Waals surface area contributed by atoms with E-state index in [1.165, 1.54) is 18.2 Å². The molecule has 6 unspecified atom stereocenters. The van der Waals surface area contributed by atoms with Gasteiger partial charge in [-0.3, -0.25) is 24.5 Å². The number of phenolic OH excluding ortho intramolecular Hbond substituents is 1. The number of anilines is 1. The molecule has 2 heterocycles. The first-order valence-electron chi connectivity index (χ1n) is 13.0. The summed E-state index contributed by atoms with van der Waals surface area (Å²) in [6, 6.07) is 3.80. The van der Waals surface area contributed by atoms with Gasteiger partial charge in [-0.15, -0.1) is 23.2 Å². The number of benzene rings is 2. The Balaban J connectivity index is 1.62. The Morgan fingerprint density at radius 1 is 0.953 bits per heavy atom. The fourth-order valence-electron chi connectivity index (χ4n) is 6.83. The van der Waals surface area contributed by atoms with Gasteiger partial charge in [0.05, 0.1) is 18.4 Å². The number of alkyl halides is 2. The maximum Gasteiger partial charge on any atom is 0.258 e. The monoisotopic (exact) mass is 644 g/mol. The van der Waals surface area contributed by atoms with Crippen LogP contribution >= 0.6 is 23.2 Å². The molecule has 2 aliphatic carbocycles. The van der Waals surface area contributed by atoms with Crippen LogP contribution in [0.4, 0.5) is 27.6 Å². The minimum Gasteiger partial charge on any atom is -0.504 e. The van der Waals surface area contributed by atoms with Crippen molar-refractivity contribution in [2.45, 2.75) is 35.4 Å². The van der Waals surface area contributed by atoms with Crippen molar-refractivity contribution >= 4 is 52.5 Å². The van der Waals surface area contributed by atoms with Crippen molar-refractivity contribution in [1.82, 2.24) is 5.32 Å². The number of halogens is 7. The van der Waals surface area contributed by atoms with Crippen LogP contribution in [0.5, 0.6) is 11.5 Å². The molecule has 1 saturated carbocycles. The second-order valence-electron chi connectivity index (χ2n) is 10.7. The minimum atomic E-state index is -2.65. The lowest BCUT2D eigenvalue weighted by molar-refractivity contribution is -0.127. The molecule has 6 atom stereocenters. The molecule has 0 bridgehead atoms. The summed E-state index contributed by atoms with van der Waals surface area (Å²) < 4.78 is 77.8. The predicted molar refractivity (Wildman–Crippen MR) is 139 cm³/mol. The molecule has 2 aromatic rings. The van der Waals surface area contributed by atoms with Crippen LogP contribution in [-0.4, -0.2) is 45.1 Å². The van der Waals surface area contributed by atoms with Gasteiger partial charge in [-0.25, -0.2) is 26.9 Å². The van der Waals surface area contributed by atoms with Crippen LogP contribution in [0, 0.1) is 46.8 Å². The highest BCUT2D eigenvalue weighted by Crippen LogP contribution is 2.66. The zero-order chi connectivity index (χ0) is 31.3. The molecule has 2 aliphatic heterocycles. The molecule has 6 rings (SSSR count). The van der Waals surface area contributed by atoms with E-state index in [1.54, 1.807) is 13.0 Å². The number of amides is 4. The molecule has 3 fully saturated rings. The number of carbonyl (C=O) groups is 4. The van der Waals surface area contributed by atoms with E-state index in [4.69, 9.17) is 27.9 Å². The van der Waals surface area contributed by atoms with Gasteiger partial charge in [-0.1, -0.05) is 17.7 Å². The number of hydrogen-bond donors (Lipinski definition) is 2. The number of nitrogens with zero attached hydrogens (tertiary/aromatic N) is 1. The highest BCUT2D eigenvalue weighted by atomic mass is 35.5. The minimum absolute atomic E-state index is 0.0206. The first-order chi connectivity index (χ1) is 20.2. The van der Waals surface area contributed by atoms with E-state index in [2.05, 4.69) is 5.32 Å². The van der Waals surface area contributed by atoms with Gasteiger partial charge in [0.15, 0.2) is 44.5 Å². The van der Waals surface area contributed by atoms with E-state index in [1.807, 2.05) is 0 Å². The average Bonchev–Trinajstić information content (AvgIpc) is 3.34. The van der Waals surface area contributed by atoms with Crippen LogP contribution in [0.1, 0.15) is 31.2 Å². The van der Waals surface area contributed by atoms with Crippen LogP contribution in [0.2, 0.25) is 0 Å². The summed E-state index contributed by atoms with van der Waals surface area (Å²) in [6.45, 7) is 1.71. The molecule has 0 spiro atoms. The number of carbonyl (C=O) groups excluding carboxylic acids is 4. The van der Waals surface area contributed by atoms with Crippen molar-refractivity contribution in [3.8, 4) is 11.5 Å². The van der Waals surface area contributed by atoms with Crippen molar-refractivity contribution in [3.63, 3.8) is 0 Å². The predicted octanol–water partition coefficient (Wildman–Crippen LogP) is 4.34. The van der Waals surface area contributed by atoms with E-state index in [0.717, 1.165) is 0 Å². The van der Waals surface area contributed by atoms with Crippen molar-refractivity contribution in [3.05, 3.63) is 64.5 Å². The Kier molecular flexibility index (Phi) is 6.59. The number of ether oxygens (including phenoxy) is 1. The number of nitrogens with one attached hydrogen (secondary N) is 1. The molecular weight excluding hydrogens is 626 g/mol. The van der Waals surface area contributed by atoms with E-state index in [-0.39, 0.29) is 40.6 Å². The summed E-state index contributed by atoms with van der Waals surface area (Å²) in [7, 11) is 0. The second kappa shape index (κ2) is 9.65. The fraction of sp³-hybridized carbons (Fsp3) is 0.357. The third-order valence-electron chi connectivity index (χ3n) is 8.68. The van der Waals surface area contributed by atoms with Crippen molar-refractivity contribution < 1.29 is 51.0 Å². The van der Waals surface area contributed by atoms with Gasteiger partial charge in [0.2, 0.25) is 17.6 Å². The topological polar surface area (TPSA) is 113 Å². The molecule has 4 amide bonds. The lowest BCUT2D eigenvalue weighted by Crippen LogP contribution is -2.60. The molecule has 15 heteroatoms. The van der Waals surface area contributed by atoms with Gasteiger partial charge in [-0.05, 0) is 43.4 Å². The van der Waals surface area contributed by atoms with E-state index >= 15 is 0 Å². The Bertz CT molecular complexity index is 1670. The lowest BCUT2D eigenvalue weighted by atomic mass is 9.56. The zero-order valence-electron chi connectivity index (χ0n) is 21.8. The van der Waals surface area contributed by atoms with Crippen LogP contribution in [-0.2, 0) is 19.2 Å². The van der Waals surface area contributed by atoms with Gasteiger partial charge < -0.3 is 9.84 Å². The standard InChI is InChI=1S/C28H19Cl2F5N2O6/c1-2-43-14-7-9(3-6-13(14)38)16-10-4-5-11-15(24(40)36-23(11)39)12(10)8-27(29)25(41)37(26(42)28(16,27)30)22-20(34)18(32)17(31)19(33)21(22)35/h3-4,6-7,11-12,15-16,38H,2,5,8H2,1H3,(H,36,39,40). The first-order valence-corrected chi connectivity index (χ1v) is 13.7. The highest BCUT2D eigenvalue weighted by Gasteiger charge is 2.77. The Labute approximate surface area is 249 Å². The molecule has 0 radical (unpaired) electrons. The number of fused-ring (bicyclic) bond motifs is 4. The third kappa shape index (κ3) is 3.67. The van der Waals surface area contributed by atoms with Crippen LogP contribution in [0.15, 0.2) is 29.8 Å². The number of aromatic hydroxyl groups is 1. The number of imide groups is 2. The first kappa shape index (κ1) is 29.4. The smallest absolute Gasteiger partial charge is 0.258 e. The Morgan fingerprint density at radius 3 is 2.21 bits per heavy atom. The highest BCUT2D eigenvalue weighted by molar-refractivity contribution is 6.58. The molecule has 0 aromatic heterocycles. The maximum atomic E-state index is 15.0. The van der Waals surface area contributed by atoms with Crippen molar-refractivity contribution in [2.75, 3.05) is 11.5 Å².